The molecule has 19 heavy (non-hydrogen) atoms. The van der Waals surface area contributed by atoms with Crippen LogP contribution >= 0.6 is 15.9 Å². The molecule has 0 aliphatic carbocycles. The number of benzene rings is 2. The number of hydrogen-bond donors (Lipinski definition) is 0. The number of tetrazole rings is 1. The van der Waals surface area contributed by atoms with E-state index in [1.165, 1.54) is 10.4 Å². The molecular weight excluding hydrogens is 304 g/mol. The third-order valence-electron chi connectivity index (χ3n) is 2.78. The highest BCUT2D eigenvalue weighted by molar-refractivity contribution is 9.10. The van der Waals surface area contributed by atoms with Gasteiger partial charge in [-0.25, -0.2) is 0 Å². The van der Waals surface area contributed by atoms with Crippen LogP contribution in [0.15, 0.2) is 53.0 Å². The van der Waals surface area contributed by atoms with Gasteiger partial charge in [-0.1, -0.05) is 45.8 Å². The van der Waals surface area contributed by atoms with Crippen molar-refractivity contribution in [3.05, 3.63) is 58.6 Å². The third kappa shape index (κ3) is 2.56. The van der Waals surface area contributed by atoms with Gasteiger partial charge in [-0.05, 0) is 36.4 Å². The molecule has 0 atom stereocenters. The first-order valence-corrected chi connectivity index (χ1v) is 6.65. The summed E-state index contributed by atoms with van der Waals surface area (Å²) in [4.78, 5) is 1.53. The number of aryl methyl sites for hydroxylation is 1. The molecule has 0 aliphatic heterocycles. The average molecular weight is 315 g/mol. The molecule has 5 heteroatoms. The van der Waals surface area contributed by atoms with Crippen LogP contribution in [0.2, 0.25) is 0 Å². The van der Waals surface area contributed by atoms with Crippen LogP contribution in [0.1, 0.15) is 5.56 Å². The molecule has 0 unspecified atom stereocenters. The Morgan fingerprint density at radius 3 is 2.32 bits per heavy atom. The molecular formula is C14H11BrN4. The van der Waals surface area contributed by atoms with Gasteiger partial charge in [-0.2, -0.15) is 0 Å². The largest absolute Gasteiger partial charge is 0.205 e. The fourth-order valence-electron chi connectivity index (χ4n) is 1.72. The van der Waals surface area contributed by atoms with Gasteiger partial charge in [0.15, 0.2) is 0 Å². The Bertz CT molecular complexity index is 626. The van der Waals surface area contributed by atoms with Gasteiger partial charge >= 0.3 is 0 Å². The SMILES string of the molecule is Cc1ccc(-c2nnn(-c3ccc(Br)cc3)n2)cc1. The molecule has 94 valence electrons. The minimum Gasteiger partial charge on any atom is -0.130 e. The van der Waals surface area contributed by atoms with E-state index in [0.717, 1.165) is 15.7 Å². The average Bonchev–Trinajstić information content (AvgIpc) is 2.90. The number of halogens is 1. The van der Waals surface area contributed by atoms with E-state index < -0.39 is 0 Å². The van der Waals surface area contributed by atoms with Gasteiger partial charge in [0.2, 0.25) is 5.82 Å². The molecule has 0 amide bonds. The third-order valence-corrected chi connectivity index (χ3v) is 3.31. The van der Waals surface area contributed by atoms with Crippen LogP contribution in [0.5, 0.6) is 0 Å². The first-order valence-electron chi connectivity index (χ1n) is 5.85. The second-order valence-electron chi connectivity index (χ2n) is 4.24. The molecule has 0 radical (unpaired) electrons. The normalized spacial score (nSPS) is 10.6. The van der Waals surface area contributed by atoms with Crippen molar-refractivity contribution < 1.29 is 0 Å². The minimum absolute atomic E-state index is 0.628. The Balaban J connectivity index is 1.95. The molecule has 0 saturated heterocycles. The van der Waals surface area contributed by atoms with E-state index in [4.69, 9.17) is 0 Å². The van der Waals surface area contributed by atoms with Crippen molar-refractivity contribution in [3.8, 4) is 17.1 Å². The van der Waals surface area contributed by atoms with Crippen molar-refractivity contribution in [1.82, 2.24) is 20.2 Å². The topological polar surface area (TPSA) is 43.6 Å². The van der Waals surface area contributed by atoms with Gasteiger partial charge in [0, 0.05) is 10.0 Å². The van der Waals surface area contributed by atoms with Gasteiger partial charge in [-0.3, -0.25) is 0 Å². The van der Waals surface area contributed by atoms with Crippen molar-refractivity contribution in [3.63, 3.8) is 0 Å². The fraction of sp³-hybridized carbons (Fsp3) is 0.0714. The van der Waals surface area contributed by atoms with Gasteiger partial charge in [-0.15, -0.1) is 15.0 Å². The molecule has 0 saturated carbocycles. The van der Waals surface area contributed by atoms with E-state index in [-0.39, 0.29) is 0 Å². The summed E-state index contributed by atoms with van der Waals surface area (Å²) in [6, 6.07) is 15.8. The van der Waals surface area contributed by atoms with Gasteiger partial charge in [0.25, 0.3) is 0 Å². The molecule has 3 rings (SSSR count). The Labute approximate surface area is 119 Å². The smallest absolute Gasteiger partial charge is 0.130 e. The summed E-state index contributed by atoms with van der Waals surface area (Å²) >= 11 is 3.40. The Morgan fingerprint density at radius 2 is 1.63 bits per heavy atom. The van der Waals surface area contributed by atoms with Gasteiger partial charge < -0.3 is 0 Å². The summed E-state index contributed by atoms with van der Waals surface area (Å²) in [6.07, 6.45) is 0. The number of rotatable bonds is 2. The zero-order valence-electron chi connectivity index (χ0n) is 10.3. The highest BCUT2D eigenvalue weighted by Gasteiger charge is 2.06. The number of nitrogens with zero attached hydrogens (tertiary/aromatic N) is 4. The molecule has 0 fully saturated rings. The second-order valence-corrected chi connectivity index (χ2v) is 5.16. The van der Waals surface area contributed by atoms with E-state index in [2.05, 4.69) is 38.3 Å². The highest BCUT2D eigenvalue weighted by atomic mass is 79.9. The zero-order chi connectivity index (χ0) is 13.2. The van der Waals surface area contributed by atoms with Gasteiger partial charge in [0.05, 0.1) is 5.69 Å². The summed E-state index contributed by atoms with van der Waals surface area (Å²) < 4.78 is 1.02. The molecule has 0 N–H and O–H groups in total. The lowest BCUT2D eigenvalue weighted by Crippen LogP contribution is -1.98. The van der Waals surface area contributed by atoms with E-state index in [1.807, 2.05) is 48.5 Å². The molecule has 0 aliphatic rings. The van der Waals surface area contributed by atoms with Crippen molar-refractivity contribution in [2.24, 2.45) is 0 Å². The maximum absolute atomic E-state index is 4.39. The standard InChI is InChI=1S/C14H11BrN4/c1-10-2-4-11(5-3-10)14-16-18-19(17-14)13-8-6-12(15)7-9-13/h2-9H,1H3. The minimum atomic E-state index is 0.628. The van der Waals surface area contributed by atoms with Crippen molar-refractivity contribution in [2.75, 3.05) is 0 Å². The molecule has 1 heterocycles. The zero-order valence-corrected chi connectivity index (χ0v) is 11.9. The summed E-state index contributed by atoms with van der Waals surface area (Å²) in [6.45, 7) is 2.05. The van der Waals surface area contributed by atoms with Crippen LogP contribution in [-0.2, 0) is 0 Å². The molecule has 0 bridgehead atoms. The molecule has 0 spiro atoms. The second kappa shape index (κ2) is 4.93. The maximum Gasteiger partial charge on any atom is 0.205 e. The van der Waals surface area contributed by atoms with Crippen LogP contribution in [0.3, 0.4) is 0 Å². The van der Waals surface area contributed by atoms with E-state index >= 15 is 0 Å². The van der Waals surface area contributed by atoms with E-state index in [9.17, 15) is 0 Å². The summed E-state index contributed by atoms with van der Waals surface area (Å²) in [5, 5.41) is 12.5. The summed E-state index contributed by atoms with van der Waals surface area (Å²) in [7, 11) is 0. The van der Waals surface area contributed by atoms with Crippen LogP contribution in [-0.4, -0.2) is 20.2 Å². The van der Waals surface area contributed by atoms with E-state index in [1.54, 1.807) is 0 Å². The predicted molar refractivity (Wildman–Crippen MR) is 77.0 cm³/mol. The van der Waals surface area contributed by atoms with Crippen LogP contribution in [0.25, 0.3) is 17.1 Å². The van der Waals surface area contributed by atoms with Crippen LogP contribution < -0.4 is 0 Å². The Hall–Kier alpha value is -2.01. The highest BCUT2D eigenvalue weighted by Crippen LogP contribution is 2.16. The van der Waals surface area contributed by atoms with Gasteiger partial charge in [0.1, 0.15) is 0 Å². The molecule has 3 aromatic rings. The first kappa shape index (κ1) is 12.0. The Kier molecular flexibility index (Phi) is 3.13. The first-order chi connectivity index (χ1) is 9.22. The number of hydrogen-bond acceptors (Lipinski definition) is 3. The van der Waals surface area contributed by atoms with Crippen molar-refractivity contribution >= 4 is 15.9 Å². The fourth-order valence-corrected chi connectivity index (χ4v) is 1.98. The lowest BCUT2D eigenvalue weighted by atomic mass is 10.1. The van der Waals surface area contributed by atoms with E-state index in [0.29, 0.717) is 5.82 Å². The lowest BCUT2D eigenvalue weighted by molar-refractivity contribution is 0.720. The monoisotopic (exact) mass is 314 g/mol. The summed E-state index contributed by atoms with van der Waals surface area (Å²) in [5.74, 6) is 0.628. The molecule has 2 aromatic carbocycles. The van der Waals surface area contributed by atoms with Crippen molar-refractivity contribution in [1.29, 1.82) is 0 Å². The van der Waals surface area contributed by atoms with Crippen LogP contribution in [0.4, 0.5) is 0 Å². The predicted octanol–water partition coefficient (Wildman–Crippen LogP) is 3.40. The number of aromatic nitrogens is 4. The van der Waals surface area contributed by atoms with Crippen LogP contribution in [0, 0.1) is 6.92 Å². The molecule has 1 aromatic heterocycles. The lowest BCUT2D eigenvalue weighted by Gasteiger charge is -1.98. The summed E-state index contributed by atoms with van der Waals surface area (Å²) in [5.41, 5.74) is 3.06. The maximum atomic E-state index is 4.39. The van der Waals surface area contributed by atoms with Crippen molar-refractivity contribution in [2.45, 2.75) is 6.92 Å². The molecule has 4 nitrogen and oxygen atoms in total. The quantitative estimate of drug-likeness (QED) is 0.728. The Morgan fingerprint density at radius 1 is 0.947 bits per heavy atom.